The maximum atomic E-state index is 12.0. The summed E-state index contributed by atoms with van der Waals surface area (Å²) >= 11 is 3.35. The average Bonchev–Trinajstić information content (AvgIpc) is 2.85. The molecule has 2 aromatic carbocycles. The van der Waals surface area contributed by atoms with Gasteiger partial charge in [0.15, 0.2) is 0 Å². The lowest BCUT2D eigenvalue weighted by molar-refractivity contribution is 0.432. The van der Waals surface area contributed by atoms with Crippen LogP contribution in [0.5, 0.6) is 5.88 Å². The molecule has 0 saturated heterocycles. The van der Waals surface area contributed by atoms with Gasteiger partial charge in [0.1, 0.15) is 5.56 Å². The van der Waals surface area contributed by atoms with Gasteiger partial charge in [0.25, 0.3) is 5.56 Å². The number of rotatable bonds is 3. The van der Waals surface area contributed by atoms with Crippen LogP contribution in [0, 0.1) is 0 Å². The van der Waals surface area contributed by atoms with Crippen LogP contribution < -0.4 is 5.56 Å². The molecule has 0 aliphatic heterocycles. The Bertz CT molecular complexity index is 931. The Morgan fingerprint density at radius 1 is 1.04 bits per heavy atom. The number of aromatic nitrogens is 2. The van der Waals surface area contributed by atoms with Gasteiger partial charge in [0.2, 0.25) is 5.88 Å². The summed E-state index contributed by atoms with van der Waals surface area (Å²) in [5.74, 6) is -0.147. The summed E-state index contributed by atoms with van der Waals surface area (Å²) in [5, 5.41) is 12.9. The van der Waals surface area contributed by atoms with Crippen LogP contribution in [0.15, 0.2) is 69.6 Å². The summed E-state index contributed by atoms with van der Waals surface area (Å²) < 4.78 is 2.26. The van der Waals surface area contributed by atoms with Crippen molar-refractivity contribution in [3.05, 3.63) is 86.3 Å². The minimum atomic E-state index is -0.376. The van der Waals surface area contributed by atoms with Crippen molar-refractivity contribution in [2.45, 2.75) is 0 Å². The Balaban J connectivity index is 1.97. The van der Waals surface area contributed by atoms with Crippen LogP contribution >= 0.6 is 15.9 Å². The van der Waals surface area contributed by atoms with Gasteiger partial charge in [-0.3, -0.25) is 9.89 Å². The highest BCUT2D eigenvalue weighted by atomic mass is 79.9. The van der Waals surface area contributed by atoms with Crippen molar-refractivity contribution < 1.29 is 5.11 Å². The molecule has 3 rings (SSSR count). The van der Waals surface area contributed by atoms with Crippen molar-refractivity contribution >= 4 is 28.1 Å². The summed E-state index contributed by atoms with van der Waals surface area (Å²) in [5.41, 5.74) is 4.34. The number of nitrogens with zero attached hydrogens (tertiary/aromatic N) is 1. The second-order valence-corrected chi connectivity index (χ2v) is 5.77. The van der Waals surface area contributed by atoms with Gasteiger partial charge < -0.3 is 5.11 Å². The van der Waals surface area contributed by atoms with Crippen molar-refractivity contribution in [1.29, 1.82) is 0 Å². The molecule has 0 saturated carbocycles. The topological polar surface area (TPSA) is 58.0 Å². The molecule has 4 nitrogen and oxygen atoms in total. The normalized spacial score (nSPS) is 10.1. The highest BCUT2D eigenvalue weighted by molar-refractivity contribution is 9.10. The molecule has 5 heteroatoms. The Labute approximate surface area is 141 Å². The summed E-state index contributed by atoms with van der Waals surface area (Å²) in [6, 6.07) is 16.9. The van der Waals surface area contributed by atoms with E-state index in [2.05, 4.69) is 26.8 Å². The number of aromatic amines is 1. The van der Waals surface area contributed by atoms with Crippen molar-refractivity contribution in [2.24, 2.45) is 0 Å². The molecule has 1 aromatic heterocycles. The van der Waals surface area contributed by atoms with Gasteiger partial charge in [0, 0.05) is 4.47 Å². The molecule has 0 atom stereocenters. The van der Waals surface area contributed by atoms with Gasteiger partial charge in [-0.2, -0.15) is 0 Å². The highest BCUT2D eigenvalue weighted by Crippen LogP contribution is 2.20. The van der Waals surface area contributed by atoms with Crippen LogP contribution in [-0.2, 0) is 0 Å². The molecule has 3 aromatic rings. The highest BCUT2D eigenvalue weighted by Gasteiger charge is 2.12. The third-order valence-electron chi connectivity index (χ3n) is 3.27. The fourth-order valence-electron chi connectivity index (χ4n) is 2.11. The molecular formula is C18H13BrN2O2. The molecule has 0 unspecified atom stereocenters. The van der Waals surface area contributed by atoms with Crippen LogP contribution in [0.3, 0.4) is 0 Å². The van der Waals surface area contributed by atoms with E-state index in [4.69, 9.17) is 0 Å². The molecule has 2 N–H and O–H groups in total. The molecular weight excluding hydrogens is 356 g/mol. The average molecular weight is 369 g/mol. The van der Waals surface area contributed by atoms with Crippen LogP contribution in [0.1, 0.15) is 11.1 Å². The number of nitrogens with one attached hydrogen (secondary N) is 1. The van der Waals surface area contributed by atoms with Gasteiger partial charge in [0.05, 0.1) is 5.69 Å². The quantitative estimate of drug-likeness (QED) is 0.687. The number of H-pyrrole nitrogens is 1. The van der Waals surface area contributed by atoms with Gasteiger partial charge in [-0.05, 0) is 42.0 Å². The summed E-state index contributed by atoms with van der Waals surface area (Å²) in [6.45, 7) is 0. The van der Waals surface area contributed by atoms with Gasteiger partial charge in [-0.15, -0.1) is 5.73 Å². The standard InChI is InChI=1S/C18H13BrN2O2/c19-14-9-11-15(12-10-14)21-18(23)16(17(22)20-21)8-4-7-13-5-2-1-3-6-13/h1-3,5-12,23H,(H,20,22). The van der Waals surface area contributed by atoms with E-state index in [1.54, 1.807) is 18.2 Å². The first-order chi connectivity index (χ1) is 11.1. The molecule has 0 aliphatic carbocycles. The molecule has 0 fully saturated rings. The Morgan fingerprint density at radius 2 is 1.74 bits per heavy atom. The molecule has 0 bridgehead atoms. The van der Waals surface area contributed by atoms with E-state index in [9.17, 15) is 9.90 Å². The third-order valence-corrected chi connectivity index (χ3v) is 3.80. The number of aromatic hydroxyl groups is 1. The zero-order valence-corrected chi connectivity index (χ0v) is 13.6. The zero-order chi connectivity index (χ0) is 16.2. The maximum Gasteiger partial charge on any atom is 0.276 e. The number of halogens is 1. The molecule has 0 radical (unpaired) electrons. The van der Waals surface area contributed by atoms with E-state index in [-0.39, 0.29) is 17.0 Å². The van der Waals surface area contributed by atoms with E-state index < -0.39 is 0 Å². The predicted octanol–water partition coefficient (Wildman–Crippen LogP) is 3.96. The summed E-state index contributed by atoms with van der Waals surface area (Å²) in [4.78, 5) is 12.0. The third kappa shape index (κ3) is 3.37. The van der Waals surface area contributed by atoms with Crippen LogP contribution in [0.2, 0.25) is 0 Å². The first kappa shape index (κ1) is 15.2. The Morgan fingerprint density at radius 3 is 2.43 bits per heavy atom. The lowest BCUT2D eigenvalue weighted by Gasteiger charge is -2.03. The first-order valence-electron chi connectivity index (χ1n) is 6.92. The molecule has 0 spiro atoms. The van der Waals surface area contributed by atoms with Gasteiger partial charge in [-0.25, -0.2) is 4.68 Å². The molecule has 0 aliphatic rings. The lowest BCUT2D eigenvalue weighted by atomic mass is 10.2. The van der Waals surface area contributed by atoms with Gasteiger partial charge in [-0.1, -0.05) is 46.3 Å². The second-order valence-electron chi connectivity index (χ2n) is 4.86. The van der Waals surface area contributed by atoms with Crippen LogP contribution in [-0.4, -0.2) is 14.9 Å². The van der Waals surface area contributed by atoms with Gasteiger partial charge >= 0.3 is 0 Å². The van der Waals surface area contributed by atoms with Crippen molar-refractivity contribution in [3.8, 4) is 11.6 Å². The number of benzene rings is 2. The molecule has 23 heavy (non-hydrogen) atoms. The Kier molecular flexibility index (Phi) is 4.33. The first-order valence-corrected chi connectivity index (χ1v) is 7.72. The smallest absolute Gasteiger partial charge is 0.276 e. The lowest BCUT2D eigenvalue weighted by Crippen LogP contribution is -2.04. The second kappa shape index (κ2) is 6.57. The van der Waals surface area contributed by atoms with E-state index in [1.807, 2.05) is 42.5 Å². The van der Waals surface area contributed by atoms with Crippen LogP contribution in [0.4, 0.5) is 0 Å². The minimum Gasteiger partial charge on any atom is -0.493 e. The predicted molar refractivity (Wildman–Crippen MR) is 94.6 cm³/mol. The van der Waals surface area contributed by atoms with E-state index >= 15 is 0 Å². The summed E-state index contributed by atoms with van der Waals surface area (Å²) in [6.07, 6.45) is 3.21. The SMILES string of the molecule is O=c1[nH]n(-c2ccc(Br)cc2)c(O)c1C=C=Cc1ccccc1. The number of hydrogen-bond acceptors (Lipinski definition) is 2. The van der Waals surface area contributed by atoms with Crippen molar-refractivity contribution in [2.75, 3.05) is 0 Å². The van der Waals surface area contributed by atoms with E-state index in [1.165, 1.54) is 10.8 Å². The minimum absolute atomic E-state index is 0.147. The Hall–Kier alpha value is -2.75. The van der Waals surface area contributed by atoms with Crippen molar-refractivity contribution in [1.82, 2.24) is 9.78 Å². The molecule has 114 valence electrons. The summed E-state index contributed by atoms with van der Waals surface area (Å²) in [7, 11) is 0. The van der Waals surface area contributed by atoms with Crippen molar-refractivity contribution in [3.63, 3.8) is 0 Å². The zero-order valence-electron chi connectivity index (χ0n) is 12.0. The van der Waals surface area contributed by atoms with E-state index in [0.29, 0.717) is 5.69 Å². The van der Waals surface area contributed by atoms with E-state index in [0.717, 1.165) is 10.0 Å². The molecule has 1 heterocycles. The maximum absolute atomic E-state index is 12.0. The largest absolute Gasteiger partial charge is 0.493 e. The monoisotopic (exact) mass is 368 g/mol. The molecule has 0 amide bonds. The number of hydrogen-bond donors (Lipinski definition) is 2. The fourth-order valence-corrected chi connectivity index (χ4v) is 2.38. The fraction of sp³-hybridized carbons (Fsp3) is 0. The van der Waals surface area contributed by atoms with Crippen LogP contribution in [0.25, 0.3) is 17.8 Å².